The topological polar surface area (TPSA) is 118 Å². The highest BCUT2D eigenvalue weighted by Crippen LogP contribution is 2.47. The third-order valence-corrected chi connectivity index (χ3v) is 6.08. The summed E-state index contributed by atoms with van der Waals surface area (Å²) in [5.41, 5.74) is 0.903. The zero-order valence-corrected chi connectivity index (χ0v) is 17.2. The van der Waals surface area contributed by atoms with E-state index < -0.39 is 14.8 Å². The minimum Gasteiger partial charge on any atom is -0.378 e. The molecule has 1 fully saturated rings. The number of hydrogen-bond donors (Lipinski definition) is 2. The molecule has 0 radical (unpaired) electrons. The Morgan fingerprint density at radius 2 is 2.00 bits per heavy atom. The summed E-state index contributed by atoms with van der Waals surface area (Å²) < 4.78 is 23.1. The molecule has 1 aliphatic carbocycles. The zero-order valence-electron chi connectivity index (χ0n) is 15.6. The summed E-state index contributed by atoms with van der Waals surface area (Å²) in [6.45, 7) is 0.544. The van der Waals surface area contributed by atoms with E-state index in [0.29, 0.717) is 5.02 Å². The lowest BCUT2D eigenvalue weighted by Crippen LogP contribution is -2.30. The van der Waals surface area contributed by atoms with Crippen LogP contribution in [0.25, 0.3) is 0 Å². The number of amides is 1. The largest absolute Gasteiger partial charge is 0.378 e. The van der Waals surface area contributed by atoms with Crippen molar-refractivity contribution in [1.29, 1.82) is 0 Å². The number of rotatable bonds is 8. The van der Waals surface area contributed by atoms with Crippen LogP contribution in [0.4, 0.5) is 11.4 Å². The predicted octanol–water partition coefficient (Wildman–Crippen LogP) is 2.98. The number of anilines is 1. The van der Waals surface area contributed by atoms with E-state index in [-0.39, 0.29) is 47.1 Å². The van der Waals surface area contributed by atoms with E-state index in [1.54, 1.807) is 6.07 Å². The minimum atomic E-state index is -3.54. The Labute approximate surface area is 173 Å². The van der Waals surface area contributed by atoms with Crippen LogP contribution in [-0.2, 0) is 14.6 Å². The second-order valence-corrected chi connectivity index (χ2v) is 9.38. The lowest BCUT2D eigenvalue weighted by atomic mass is 10.1. The molecule has 0 heterocycles. The van der Waals surface area contributed by atoms with Crippen molar-refractivity contribution in [1.82, 2.24) is 5.32 Å². The zero-order chi connectivity index (χ0) is 21.2. The summed E-state index contributed by atoms with van der Waals surface area (Å²) in [5, 5.41) is 17.5. The van der Waals surface area contributed by atoms with Gasteiger partial charge < -0.3 is 10.6 Å². The van der Waals surface area contributed by atoms with E-state index >= 15 is 0 Å². The monoisotopic (exact) mass is 437 g/mol. The Morgan fingerprint density at radius 1 is 1.24 bits per heavy atom. The number of halogens is 1. The quantitative estimate of drug-likeness (QED) is 0.372. The Morgan fingerprint density at radius 3 is 2.66 bits per heavy atom. The number of carbonyl (C=O) groups excluding carboxylic acids is 1. The second-order valence-electron chi connectivity index (χ2n) is 6.93. The molecule has 1 aliphatic rings. The molecule has 2 N–H and O–H groups in total. The van der Waals surface area contributed by atoms with Crippen LogP contribution in [0.5, 0.6) is 0 Å². The molecule has 1 amide bonds. The maximum atomic E-state index is 12.3. The number of nitrogens with one attached hydrogen (secondary N) is 2. The van der Waals surface area contributed by atoms with Crippen LogP contribution in [0.15, 0.2) is 47.4 Å². The molecule has 0 bridgehead atoms. The fourth-order valence-corrected chi connectivity index (χ4v) is 3.99. The van der Waals surface area contributed by atoms with E-state index in [1.807, 2.05) is 18.2 Å². The number of carbonyl (C=O) groups is 1. The molecule has 8 nitrogen and oxygen atoms in total. The first-order chi connectivity index (χ1) is 13.7. The molecular weight excluding hydrogens is 418 g/mol. The van der Waals surface area contributed by atoms with Gasteiger partial charge in [0.25, 0.3) is 5.69 Å². The molecule has 29 heavy (non-hydrogen) atoms. The molecule has 3 rings (SSSR count). The van der Waals surface area contributed by atoms with Gasteiger partial charge in [0.1, 0.15) is 5.69 Å². The average molecular weight is 438 g/mol. The van der Waals surface area contributed by atoms with Crippen LogP contribution in [0.1, 0.15) is 17.9 Å². The predicted molar refractivity (Wildman–Crippen MR) is 110 cm³/mol. The first kappa shape index (κ1) is 21.1. The van der Waals surface area contributed by atoms with E-state index in [9.17, 15) is 23.3 Å². The van der Waals surface area contributed by atoms with E-state index in [4.69, 9.17) is 11.6 Å². The normalized spacial score (nSPS) is 18.1. The SMILES string of the molecule is CS(=O)(=O)c1ccc(NCCNC(=O)C2CC2c2cccc(Cl)c2)c([N+](=O)[O-])c1. The number of nitro benzene ring substituents is 1. The Kier molecular flexibility index (Phi) is 6.09. The van der Waals surface area contributed by atoms with Gasteiger partial charge in [0.2, 0.25) is 5.91 Å². The molecule has 10 heteroatoms. The molecule has 2 atom stereocenters. The Balaban J connectivity index is 1.52. The molecule has 0 saturated heterocycles. The summed E-state index contributed by atoms with van der Waals surface area (Å²) in [4.78, 5) is 22.7. The van der Waals surface area contributed by atoms with Gasteiger partial charge in [0.15, 0.2) is 9.84 Å². The highest BCUT2D eigenvalue weighted by atomic mass is 35.5. The molecule has 0 spiro atoms. The second kappa shape index (κ2) is 8.38. The number of hydrogen-bond acceptors (Lipinski definition) is 6. The van der Waals surface area contributed by atoms with Crippen molar-refractivity contribution in [2.24, 2.45) is 5.92 Å². The Bertz CT molecular complexity index is 1060. The maximum Gasteiger partial charge on any atom is 0.293 e. The van der Waals surface area contributed by atoms with E-state index in [1.165, 1.54) is 12.1 Å². The van der Waals surface area contributed by atoms with Gasteiger partial charge in [-0.3, -0.25) is 14.9 Å². The highest BCUT2D eigenvalue weighted by Gasteiger charge is 2.43. The average Bonchev–Trinajstić information content (AvgIpc) is 3.45. The van der Waals surface area contributed by atoms with Crippen molar-refractivity contribution in [3.8, 4) is 0 Å². The smallest absolute Gasteiger partial charge is 0.293 e. The molecule has 154 valence electrons. The first-order valence-electron chi connectivity index (χ1n) is 8.92. The van der Waals surface area contributed by atoms with Crippen LogP contribution >= 0.6 is 11.6 Å². The van der Waals surface area contributed by atoms with Crippen LogP contribution in [0.3, 0.4) is 0 Å². The number of benzene rings is 2. The van der Waals surface area contributed by atoms with Crippen molar-refractivity contribution in [2.45, 2.75) is 17.2 Å². The lowest BCUT2D eigenvalue weighted by Gasteiger charge is -2.09. The van der Waals surface area contributed by atoms with Gasteiger partial charge in [-0.2, -0.15) is 0 Å². The van der Waals surface area contributed by atoms with E-state index in [0.717, 1.165) is 24.3 Å². The van der Waals surface area contributed by atoms with Gasteiger partial charge in [-0.15, -0.1) is 0 Å². The van der Waals surface area contributed by atoms with Gasteiger partial charge >= 0.3 is 0 Å². The fraction of sp³-hybridized carbons (Fsp3) is 0.316. The van der Waals surface area contributed by atoms with Gasteiger partial charge in [-0.05, 0) is 42.2 Å². The maximum absolute atomic E-state index is 12.3. The first-order valence-corrected chi connectivity index (χ1v) is 11.2. The van der Waals surface area contributed by atoms with Gasteiger partial charge in [0.05, 0.1) is 9.82 Å². The molecule has 2 aromatic carbocycles. The van der Waals surface area contributed by atoms with Gasteiger partial charge in [-0.25, -0.2) is 8.42 Å². The molecule has 2 unspecified atom stereocenters. The van der Waals surface area contributed by atoms with Crippen molar-refractivity contribution in [3.63, 3.8) is 0 Å². The summed E-state index contributed by atoms with van der Waals surface area (Å²) in [5.74, 6) is -0.0122. The standard InChI is InChI=1S/C19H20ClN3O5S/c1-29(27,28)14-5-6-17(18(10-14)23(25)26)21-7-8-22-19(24)16-11-15(16)12-3-2-4-13(20)9-12/h2-6,9-10,15-16,21H,7-8,11H2,1H3,(H,22,24). The molecule has 0 aliphatic heterocycles. The fourth-order valence-electron chi connectivity index (χ4n) is 3.15. The Hall–Kier alpha value is -2.65. The number of sulfone groups is 1. The van der Waals surface area contributed by atoms with Gasteiger partial charge in [0, 0.05) is 36.4 Å². The molecule has 2 aromatic rings. The summed E-state index contributed by atoms with van der Waals surface area (Å²) in [6, 6.07) is 11.1. The van der Waals surface area contributed by atoms with Crippen LogP contribution in [0, 0.1) is 16.0 Å². The van der Waals surface area contributed by atoms with Gasteiger partial charge in [-0.1, -0.05) is 23.7 Å². The third-order valence-electron chi connectivity index (χ3n) is 4.74. The highest BCUT2D eigenvalue weighted by molar-refractivity contribution is 7.90. The number of nitro groups is 1. The lowest BCUT2D eigenvalue weighted by molar-refractivity contribution is -0.384. The van der Waals surface area contributed by atoms with Crippen molar-refractivity contribution in [2.75, 3.05) is 24.7 Å². The number of nitrogens with zero attached hydrogens (tertiary/aromatic N) is 1. The minimum absolute atomic E-state index is 0.0706. The third kappa shape index (κ3) is 5.24. The van der Waals surface area contributed by atoms with Crippen LogP contribution in [0.2, 0.25) is 5.02 Å². The van der Waals surface area contributed by atoms with Crippen molar-refractivity contribution >= 4 is 38.7 Å². The molecule has 0 aromatic heterocycles. The summed E-state index contributed by atoms with van der Waals surface area (Å²) in [6.07, 6.45) is 1.75. The molecular formula is C19H20ClN3O5S. The van der Waals surface area contributed by atoms with Crippen molar-refractivity contribution < 1.29 is 18.1 Å². The van der Waals surface area contributed by atoms with Crippen molar-refractivity contribution in [3.05, 3.63) is 63.2 Å². The van der Waals surface area contributed by atoms with Crippen LogP contribution < -0.4 is 10.6 Å². The van der Waals surface area contributed by atoms with E-state index in [2.05, 4.69) is 10.6 Å². The molecule has 1 saturated carbocycles. The summed E-state index contributed by atoms with van der Waals surface area (Å²) >= 11 is 5.98. The summed E-state index contributed by atoms with van der Waals surface area (Å²) in [7, 11) is -3.54. The van der Waals surface area contributed by atoms with Crippen LogP contribution in [-0.4, -0.2) is 38.6 Å².